The molecule has 0 aromatic heterocycles. The van der Waals surface area contributed by atoms with Gasteiger partial charge in [-0.2, -0.15) is 0 Å². The zero-order chi connectivity index (χ0) is 20.0. The van der Waals surface area contributed by atoms with E-state index in [0.29, 0.717) is 18.0 Å². The van der Waals surface area contributed by atoms with Gasteiger partial charge in [-0.05, 0) is 62.7 Å². The van der Waals surface area contributed by atoms with Gasteiger partial charge in [0.2, 0.25) is 0 Å². The Morgan fingerprint density at radius 3 is 2.41 bits per heavy atom. The van der Waals surface area contributed by atoms with Gasteiger partial charge in [0, 0.05) is 11.7 Å². The fraction of sp³-hybridized carbons (Fsp3) is 0.316. The third-order valence-electron chi connectivity index (χ3n) is 3.90. The zero-order valence-corrected chi connectivity index (χ0v) is 17.0. The van der Waals surface area contributed by atoms with Crippen molar-refractivity contribution in [2.75, 3.05) is 11.3 Å². The molecule has 2 rings (SSSR count). The Labute approximate surface area is 164 Å². The summed E-state index contributed by atoms with van der Waals surface area (Å²) in [4.78, 5) is 12.3. The van der Waals surface area contributed by atoms with Gasteiger partial charge < -0.3 is 10.1 Å². The Balaban J connectivity index is 2.25. The molecule has 2 aromatic rings. The van der Waals surface area contributed by atoms with Gasteiger partial charge in [-0.3, -0.25) is 9.52 Å². The molecule has 6 nitrogen and oxygen atoms in total. The molecule has 1 amide bonds. The summed E-state index contributed by atoms with van der Waals surface area (Å²) in [7, 11) is -3.87. The molecule has 0 radical (unpaired) electrons. The molecule has 0 aliphatic rings. The first-order chi connectivity index (χ1) is 12.8. The maximum Gasteiger partial charge on any atom is 0.261 e. The number of halogens is 1. The molecule has 8 heteroatoms. The Bertz CT molecular complexity index is 898. The van der Waals surface area contributed by atoms with Crippen LogP contribution < -0.4 is 14.8 Å². The van der Waals surface area contributed by atoms with Gasteiger partial charge in [-0.1, -0.05) is 18.5 Å². The van der Waals surface area contributed by atoms with E-state index in [-0.39, 0.29) is 21.5 Å². The number of hydrogen-bond acceptors (Lipinski definition) is 4. The van der Waals surface area contributed by atoms with Crippen molar-refractivity contribution in [1.29, 1.82) is 0 Å². The monoisotopic (exact) mass is 410 g/mol. The Morgan fingerprint density at radius 1 is 1.15 bits per heavy atom. The van der Waals surface area contributed by atoms with Crippen molar-refractivity contribution in [1.82, 2.24) is 5.32 Å². The quantitative estimate of drug-likeness (QED) is 0.687. The number of hydrogen-bond donors (Lipinski definition) is 2. The minimum absolute atomic E-state index is 0.0455. The summed E-state index contributed by atoms with van der Waals surface area (Å²) in [5.41, 5.74) is 0.505. The van der Waals surface area contributed by atoms with Crippen LogP contribution in [0.5, 0.6) is 5.75 Å². The molecule has 0 aliphatic heterocycles. The summed E-state index contributed by atoms with van der Waals surface area (Å²) in [5.74, 6) is 0.239. The fourth-order valence-electron chi connectivity index (χ4n) is 2.25. The van der Waals surface area contributed by atoms with Crippen LogP contribution in [0.3, 0.4) is 0 Å². The molecule has 146 valence electrons. The molecule has 2 N–H and O–H groups in total. The van der Waals surface area contributed by atoms with E-state index >= 15 is 0 Å². The number of amides is 1. The maximum atomic E-state index is 12.7. The van der Waals surface area contributed by atoms with Crippen LogP contribution in [-0.2, 0) is 10.0 Å². The summed E-state index contributed by atoms with van der Waals surface area (Å²) in [6.45, 7) is 6.19. The molecule has 0 saturated carbocycles. The van der Waals surface area contributed by atoms with Crippen LogP contribution in [0.2, 0.25) is 5.02 Å². The number of benzene rings is 2. The van der Waals surface area contributed by atoms with Gasteiger partial charge in [0.25, 0.3) is 15.9 Å². The number of sulfonamides is 1. The smallest absolute Gasteiger partial charge is 0.261 e. The van der Waals surface area contributed by atoms with E-state index in [2.05, 4.69) is 10.0 Å². The van der Waals surface area contributed by atoms with Crippen molar-refractivity contribution in [3.05, 3.63) is 53.1 Å². The maximum absolute atomic E-state index is 12.7. The molecule has 0 saturated heterocycles. The molecule has 27 heavy (non-hydrogen) atoms. The van der Waals surface area contributed by atoms with Crippen molar-refractivity contribution in [2.24, 2.45) is 0 Å². The summed E-state index contributed by atoms with van der Waals surface area (Å²) in [6, 6.07) is 10.6. The lowest BCUT2D eigenvalue weighted by atomic mass is 10.2. The lowest BCUT2D eigenvalue weighted by Gasteiger charge is -2.14. The fourth-order valence-corrected chi connectivity index (χ4v) is 3.54. The summed E-state index contributed by atoms with van der Waals surface area (Å²) in [5, 5.41) is 2.97. The number of nitrogens with one attached hydrogen (secondary N) is 2. The SMILES string of the molecule is CCOc1ccc(NS(=O)(=O)c2ccc(Cl)c(C(=O)N[C@H](C)CC)c2)cc1. The van der Waals surface area contributed by atoms with Gasteiger partial charge >= 0.3 is 0 Å². The molecule has 1 atom stereocenters. The van der Waals surface area contributed by atoms with E-state index in [1.165, 1.54) is 18.2 Å². The first-order valence-corrected chi connectivity index (χ1v) is 10.5. The van der Waals surface area contributed by atoms with Crippen LogP contribution in [0.1, 0.15) is 37.6 Å². The van der Waals surface area contributed by atoms with Crippen LogP contribution in [0, 0.1) is 0 Å². The van der Waals surface area contributed by atoms with E-state index in [0.717, 1.165) is 6.42 Å². The lowest BCUT2D eigenvalue weighted by Crippen LogP contribution is -2.32. The second-order valence-electron chi connectivity index (χ2n) is 5.99. The van der Waals surface area contributed by atoms with Gasteiger partial charge in [-0.15, -0.1) is 0 Å². The highest BCUT2D eigenvalue weighted by Crippen LogP contribution is 2.24. The highest BCUT2D eigenvalue weighted by Gasteiger charge is 2.19. The molecule has 0 aliphatic carbocycles. The van der Waals surface area contributed by atoms with E-state index in [1.54, 1.807) is 24.3 Å². The van der Waals surface area contributed by atoms with Gasteiger partial charge in [0.15, 0.2) is 0 Å². The summed E-state index contributed by atoms with van der Waals surface area (Å²) >= 11 is 6.09. The molecule has 0 spiro atoms. The third kappa shape index (κ3) is 5.61. The number of carbonyl (C=O) groups excluding carboxylic acids is 1. The number of anilines is 1. The highest BCUT2D eigenvalue weighted by molar-refractivity contribution is 7.92. The molecular formula is C19H23ClN2O4S. The van der Waals surface area contributed by atoms with Crippen LogP contribution in [0.25, 0.3) is 0 Å². The van der Waals surface area contributed by atoms with Crippen molar-refractivity contribution >= 4 is 33.2 Å². The van der Waals surface area contributed by atoms with Gasteiger partial charge in [-0.25, -0.2) is 8.42 Å². The second kappa shape index (κ2) is 9.10. The van der Waals surface area contributed by atoms with Crippen molar-refractivity contribution in [2.45, 2.75) is 38.1 Å². The van der Waals surface area contributed by atoms with Crippen molar-refractivity contribution in [3.63, 3.8) is 0 Å². The Hall–Kier alpha value is -2.25. The van der Waals surface area contributed by atoms with Crippen LogP contribution in [0.15, 0.2) is 47.4 Å². The molecular weight excluding hydrogens is 388 g/mol. The zero-order valence-electron chi connectivity index (χ0n) is 15.5. The van der Waals surface area contributed by atoms with Crippen LogP contribution in [0.4, 0.5) is 5.69 Å². The van der Waals surface area contributed by atoms with E-state index < -0.39 is 15.9 Å². The van der Waals surface area contributed by atoms with Crippen LogP contribution in [-0.4, -0.2) is 27.0 Å². The minimum Gasteiger partial charge on any atom is -0.494 e. The van der Waals surface area contributed by atoms with Crippen molar-refractivity contribution < 1.29 is 17.9 Å². The van der Waals surface area contributed by atoms with E-state index in [9.17, 15) is 13.2 Å². The molecule has 0 heterocycles. The highest BCUT2D eigenvalue weighted by atomic mass is 35.5. The first-order valence-electron chi connectivity index (χ1n) is 8.63. The largest absolute Gasteiger partial charge is 0.494 e. The summed E-state index contributed by atoms with van der Waals surface area (Å²) < 4.78 is 33.1. The van der Waals surface area contributed by atoms with E-state index in [1.807, 2.05) is 20.8 Å². The number of carbonyl (C=O) groups is 1. The normalized spacial score (nSPS) is 12.3. The predicted molar refractivity (Wildman–Crippen MR) is 107 cm³/mol. The predicted octanol–water partition coefficient (Wildman–Crippen LogP) is 4.07. The van der Waals surface area contributed by atoms with Crippen LogP contribution >= 0.6 is 11.6 Å². The molecule has 0 fully saturated rings. The molecule has 0 bridgehead atoms. The first kappa shape index (κ1) is 21.1. The lowest BCUT2D eigenvalue weighted by molar-refractivity contribution is 0.0939. The Kier molecular flexibility index (Phi) is 7.10. The topological polar surface area (TPSA) is 84.5 Å². The standard InChI is InChI=1S/C19H23ClN2O4S/c1-4-13(3)21-19(23)17-12-16(10-11-18(17)20)27(24,25)22-14-6-8-15(9-7-14)26-5-2/h6-13,22H,4-5H2,1-3H3,(H,21,23)/t13-/m1/s1. The van der Waals surface area contributed by atoms with E-state index in [4.69, 9.17) is 16.3 Å². The van der Waals surface area contributed by atoms with Crippen molar-refractivity contribution in [3.8, 4) is 5.75 Å². The average Bonchev–Trinajstić information content (AvgIpc) is 2.63. The number of ether oxygens (including phenoxy) is 1. The molecule has 2 aromatic carbocycles. The molecule has 0 unspecified atom stereocenters. The third-order valence-corrected chi connectivity index (χ3v) is 5.61. The van der Waals surface area contributed by atoms with Gasteiger partial charge in [0.05, 0.1) is 22.1 Å². The minimum atomic E-state index is -3.87. The number of rotatable bonds is 8. The average molecular weight is 411 g/mol. The van der Waals surface area contributed by atoms with Gasteiger partial charge in [0.1, 0.15) is 5.75 Å². The summed E-state index contributed by atoms with van der Waals surface area (Å²) in [6.07, 6.45) is 0.751. The second-order valence-corrected chi connectivity index (χ2v) is 8.08. The Morgan fingerprint density at radius 2 is 1.81 bits per heavy atom.